The summed E-state index contributed by atoms with van der Waals surface area (Å²) in [6, 6.07) is 3.72. The lowest BCUT2D eigenvalue weighted by Crippen LogP contribution is -2.45. The lowest BCUT2D eigenvalue weighted by Gasteiger charge is -2.33. The number of nitrogens with zero attached hydrogens (tertiary/aromatic N) is 2. The molecule has 2 atom stereocenters. The van der Waals surface area contributed by atoms with Crippen molar-refractivity contribution in [2.75, 3.05) is 13.1 Å². The Bertz CT molecular complexity index is 746. The standard InChI is InChI=1S/C14H18N2O6S/c1-9-5-11(14(17)18)8-15(7-9)23(21,22)12-4-3-10(2)13(6-12)16(19)20/h3-4,6,9,11H,5,7-8H2,1-2H3,(H,17,18). The van der Waals surface area contributed by atoms with Gasteiger partial charge < -0.3 is 5.11 Å². The lowest BCUT2D eigenvalue weighted by atomic mass is 9.92. The number of aryl methyl sites for hydroxylation is 1. The zero-order valence-corrected chi connectivity index (χ0v) is 13.6. The Balaban J connectivity index is 2.40. The predicted octanol–water partition coefficient (Wildman–Crippen LogP) is 1.63. The van der Waals surface area contributed by atoms with Gasteiger partial charge in [0.05, 0.1) is 15.7 Å². The molecule has 1 saturated heterocycles. The summed E-state index contributed by atoms with van der Waals surface area (Å²) in [5, 5.41) is 20.1. The molecule has 23 heavy (non-hydrogen) atoms. The monoisotopic (exact) mass is 342 g/mol. The van der Waals surface area contributed by atoms with Gasteiger partial charge in [0, 0.05) is 24.7 Å². The Labute approximate surface area is 133 Å². The molecule has 0 bridgehead atoms. The molecule has 0 spiro atoms. The number of carbonyl (C=O) groups is 1. The second-order valence-corrected chi connectivity index (χ2v) is 7.84. The number of piperidine rings is 1. The van der Waals surface area contributed by atoms with Gasteiger partial charge in [0.25, 0.3) is 5.69 Å². The Kier molecular flexibility index (Phi) is 4.71. The average Bonchev–Trinajstić information content (AvgIpc) is 2.46. The van der Waals surface area contributed by atoms with Gasteiger partial charge in [-0.05, 0) is 25.3 Å². The maximum Gasteiger partial charge on any atom is 0.307 e. The third kappa shape index (κ3) is 3.50. The molecule has 1 aromatic rings. The minimum absolute atomic E-state index is 0.0972. The molecular weight excluding hydrogens is 324 g/mol. The zero-order chi connectivity index (χ0) is 17.4. The minimum atomic E-state index is -3.97. The average molecular weight is 342 g/mol. The van der Waals surface area contributed by atoms with Gasteiger partial charge in [-0.2, -0.15) is 4.31 Å². The van der Waals surface area contributed by atoms with Crippen LogP contribution in [-0.2, 0) is 14.8 Å². The number of carboxylic acids is 1. The van der Waals surface area contributed by atoms with Crippen molar-refractivity contribution in [1.29, 1.82) is 0 Å². The first-order valence-electron chi connectivity index (χ1n) is 7.11. The van der Waals surface area contributed by atoms with Crippen molar-refractivity contribution in [1.82, 2.24) is 4.31 Å². The van der Waals surface area contributed by atoms with E-state index in [0.717, 1.165) is 10.4 Å². The van der Waals surface area contributed by atoms with Crippen molar-refractivity contribution in [3.8, 4) is 0 Å². The zero-order valence-electron chi connectivity index (χ0n) is 12.8. The second-order valence-electron chi connectivity index (χ2n) is 5.90. The van der Waals surface area contributed by atoms with Gasteiger partial charge in [-0.25, -0.2) is 8.42 Å². The number of carboxylic acid groups (broad SMARTS) is 1. The van der Waals surface area contributed by atoms with E-state index in [1.54, 1.807) is 6.92 Å². The van der Waals surface area contributed by atoms with E-state index in [0.29, 0.717) is 12.0 Å². The van der Waals surface area contributed by atoms with Crippen LogP contribution in [0.2, 0.25) is 0 Å². The molecule has 1 aromatic carbocycles. The summed E-state index contributed by atoms with van der Waals surface area (Å²) < 4.78 is 26.5. The number of nitro benzene ring substituents is 1. The van der Waals surface area contributed by atoms with E-state index in [4.69, 9.17) is 5.11 Å². The highest BCUT2D eigenvalue weighted by Gasteiger charge is 2.36. The summed E-state index contributed by atoms with van der Waals surface area (Å²) in [6.45, 7) is 3.39. The van der Waals surface area contributed by atoms with Crippen molar-refractivity contribution in [2.45, 2.75) is 25.2 Å². The Morgan fingerprint density at radius 3 is 2.61 bits per heavy atom. The quantitative estimate of drug-likeness (QED) is 0.656. The lowest BCUT2D eigenvalue weighted by molar-refractivity contribution is -0.385. The van der Waals surface area contributed by atoms with Gasteiger partial charge in [0.2, 0.25) is 10.0 Å². The number of sulfonamides is 1. The van der Waals surface area contributed by atoms with Crippen LogP contribution < -0.4 is 0 Å². The van der Waals surface area contributed by atoms with Crippen LogP contribution >= 0.6 is 0 Å². The molecule has 0 aromatic heterocycles. The summed E-state index contributed by atoms with van der Waals surface area (Å²) in [5.74, 6) is -1.90. The van der Waals surface area contributed by atoms with E-state index >= 15 is 0 Å². The molecular formula is C14H18N2O6S. The second kappa shape index (κ2) is 6.25. The van der Waals surface area contributed by atoms with Crippen LogP contribution in [0.3, 0.4) is 0 Å². The smallest absolute Gasteiger partial charge is 0.307 e. The molecule has 0 radical (unpaired) electrons. The predicted molar refractivity (Wildman–Crippen MR) is 81.5 cm³/mol. The van der Waals surface area contributed by atoms with Gasteiger partial charge in [0.1, 0.15) is 0 Å². The summed E-state index contributed by atoms with van der Waals surface area (Å²) in [6.07, 6.45) is 0.412. The molecule has 0 aliphatic carbocycles. The molecule has 0 amide bonds. The fourth-order valence-corrected chi connectivity index (χ4v) is 4.40. The molecule has 1 N–H and O–H groups in total. The van der Waals surface area contributed by atoms with Crippen LogP contribution in [0.4, 0.5) is 5.69 Å². The Morgan fingerprint density at radius 1 is 1.39 bits per heavy atom. The van der Waals surface area contributed by atoms with Gasteiger partial charge in [-0.1, -0.05) is 13.0 Å². The summed E-state index contributed by atoms with van der Waals surface area (Å²) in [5.41, 5.74) is 0.0929. The third-order valence-electron chi connectivity index (χ3n) is 3.99. The van der Waals surface area contributed by atoms with Crippen LogP contribution in [-0.4, -0.2) is 41.8 Å². The summed E-state index contributed by atoms with van der Waals surface area (Å²) >= 11 is 0. The molecule has 2 rings (SSSR count). The van der Waals surface area contributed by atoms with Gasteiger partial charge in [-0.15, -0.1) is 0 Å². The SMILES string of the molecule is Cc1ccc(S(=O)(=O)N2CC(C)CC(C(=O)O)C2)cc1[N+](=O)[O-]. The molecule has 0 saturated carbocycles. The third-order valence-corrected chi connectivity index (χ3v) is 5.82. The Hall–Kier alpha value is -2.00. The highest BCUT2D eigenvalue weighted by atomic mass is 32.2. The van der Waals surface area contributed by atoms with E-state index < -0.39 is 26.8 Å². The molecule has 8 nitrogen and oxygen atoms in total. The first-order valence-corrected chi connectivity index (χ1v) is 8.55. The molecule has 2 unspecified atom stereocenters. The van der Waals surface area contributed by atoms with Gasteiger partial charge >= 0.3 is 5.97 Å². The van der Waals surface area contributed by atoms with Crippen LogP contribution in [0, 0.1) is 28.9 Å². The largest absolute Gasteiger partial charge is 0.481 e. The van der Waals surface area contributed by atoms with E-state index in [9.17, 15) is 23.3 Å². The summed E-state index contributed by atoms with van der Waals surface area (Å²) in [4.78, 5) is 21.4. The molecule has 126 valence electrons. The molecule has 1 fully saturated rings. The van der Waals surface area contributed by atoms with Crippen LogP contribution in [0.15, 0.2) is 23.1 Å². The van der Waals surface area contributed by atoms with Crippen LogP contribution in [0.5, 0.6) is 0 Å². The van der Waals surface area contributed by atoms with Crippen molar-refractivity contribution in [3.05, 3.63) is 33.9 Å². The van der Waals surface area contributed by atoms with E-state index in [-0.39, 0.29) is 29.6 Å². The first-order chi connectivity index (χ1) is 10.6. The highest BCUT2D eigenvalue weighted by Crippen LogP contribution is 2.29. The van der Waals surface area contributed by atoms with Crippen molar-refractivity contribution >= 4 is 21.7 Å². The number of hydrogen-bond donors (Lipinski definition) is 1. The maximum absolute atomic E-state index is 12.7. The Morgan fingerprint density at radius 2 is 2.04 bits per heavy atom. The van der Waals surface area contributed by atoms with Gasteiger partial charge in [-0.3, -0.25) is 14.9 Å². The van der Waals surface area contributed by atoms with E-state index in [1.165, 1.54) is 19.1 Å². The van der Waals surface area contributed by atoms with Crippen molar-refractivity contribution in [3.63, 3.8) is 0 Å². The highest BCUT2D eigenvalue weighted by molar-refractivity contribution is 7.89. The summed E-state index contributed by atoms with van der Waals surface area (Å²) in [7, 11) is -3.97. The number of aliphatic carboxylic acids is 1. The van der Waals surface area contributed by atoms with Gasteiger partial charge in [0.15, 0.2) is 0 Å². The van der Waals surface area contributed by atoms with Crippen molar-refractivity contribution < 1.29 is 23.2 Å². The molecule has 1 aliphatic heterocycles. The molecule has 1 aliphatic rings. The van der Waals surface area contributed by atoms with Crippen molar-refractivity contribution in [2.24, 2.45) is 11.8 Å². The number of nitro groups is 1. The topological polar surface area (TPSA) is 118 Å². The normalized spacial score (nSPS) is 22.7. The fourth-order valence-electron chi connectivity index (χ4n) is 2.77. The van der Waals surface area contributed by atoms with Crippen LogP contribution in [0.25, 0.3) is 0 Å². The first kappa shape index (κ1) is 17.4. The van der Waals surface area contributed by atoms with E-state index in [1.807, 2.05) is 0 Å². The maximum atomic E-state index is 12.7. The molecule has 1 heterocycles. The fraction of sp³-hybridized carbons (Fsp3) is 0.500. The number of rotatable bonds is 4. The number of hydrogen-bond acceptors (Lipinski definition) is 5. The minimum Gasteiger partial charge on any atom is -0.481 e. The molecule has 9 heteroatoms. The number of benzene rings is 1. The van der Waals surface area contributed by atoms with E-state index in [2.05, 4.69) is 0 Å². The van der Waals surface area contributed by atoms with Crippen LogP contribution in [0.1, 0.15) is 18.9 Å².